The van der Waals surface area contributed by atoms with Gasteiger partial charge in [-0.3, -0.25) is 4.99 Å². The molecule has 1 aliphatic rings. The van der Waals surface area contributed by atoms with Crippen LogP contribution in [0, 0.1) is 0 Å². The summed E-state index contributed by atoms with van der Waals surface area (Å²) in [7, 11) is 1.68. The Hall–Kier alpha value is -1.80. The van der Waals surface area contributed by atoms with Gasteiger partial charge in [-0.25, -0.2) is 0 Å². The molecule has 0 amide bonds. The molecule has 0 aliphatic carbocycles. The summed E-state index contributed by atoms with van der Waals surface area (Å²) in [6.07, 6.45) is -2.19. The molecule has 0 unspecified atom stereocenters. The maximum Gasteiger partial charge on any atom is 0.416 e. The second-order valence-corrected chi connectivity index (χ2v) is 6.87. The van der Waals surface area contributed by atoms with Gasteiger partial charge in [0.2, 0.25) is 0 Å². The molecule has 2 rings (SSSR count). The highest BCUT2D eigenvalue weighted by Gasteiger charge is 2.37. The quantitative estimate of drug-likeness (QED) is 0.399. The van der Waals surface area contributed by atoms with Crippen molar-refractivity contribution in [2.24, 2.45) is 4.99 Å². The largest absolute Gasteiger partial charge is 0.416 e. The second kappa shape index (κ2) is 10.7. The highest BCUT2D eigenvalue weighted by Crippen LogP contribution is 2.37. The van der Waals surface area contributed by atoms with Gasteiger partial charge in [0.15, 0.2) is 5.96 Å². The van der Waals surface area contributed by atoms with Crippen molar-refractivity contribution in [3.8, 4) is 0 Å². The van der Waals surface area contributed by atoms with Gasteiger partial charge in [0.25, 0.3) is 0 Å². The molecule has 0 atom stereocenters. The number of ether oxygens (including phenoxy) is 2. The van der Waals surface area contributed by atoms with Gasteiger partial charge in [-0.1, -0.05) is 18.2 Å². The van der Waals surface area contributed by atoms with E-state index in [1.807, 2.05) is 6.92 Å². The first-order chi connectivity index (χ1) is 13.4. The summed E-state index contributed by atoms with van der Waals surface area (Å²) in [4.78, 5) is 4.21. The molecular formula is C20H30F3N3O2. The van der Waals surface area contributed by atoms with Crippen molar-refractivity contribution >= 4 is 5.96 Å². The lowest BCUT2D eigenvalue weighted by molar-refractivity contribution is -0.137. The van der Waals surface area contributed by atoms with Crippen LogP contribution in [0.4, 0.5) is 13.2 Å². The molecule has 8 heteroatoms. The fraction of sp³-hybridized carbons (Fsp3) is 0.650. The van der Waals surface area contributed by atoms with Crippen LogP contribution in [0.25, 0.3) is 0 Å². The van der Waals surface area contributed by atoms with Gasteiger partial charge >= 0.3 is 6.18 Å². The lowest BCUT2D eigenvalue weighted by Crippen LogP contribution is -2.48. The average molecular weight is 401 g/mol. The van der Waals surface area contributed by atoms with Crippen LogP contribution in [0.3, 0.4) is 0 Å². The number of rotatable bonds is 8. The first-order valence-corrected chi connectivity index (χ1v) is 9.69. The Balaban J connectivity index is 2.07. The molecule has 28 heavy (non-hydrogen) atoms. The SMILES string of the molecule is CCOCCCNC(=NC)NCC1(c2cccc(C(F)(F)F)c2)CCOCC1. The Kier molecular flexibility index (Phi) is 8.57. The van der Waals surface area contributed by atoms with Crippen molar-refractivity contribution < 1.29 is 22.6 Å². The van der Waals surface area contributed by atoms with Gasteiger partial charge in [-0.2, -0.15) is 13.2 Å². The van der Waals surface area contributed by atoms with Crippen LogP contribution in [-0.2, 0) is 21.1 Å². The van der Waals surface area contributed by atoms with E-state index >= 15 is 0 Å². The predicted molar refractivity (Wildman–Crippen MR) is 104 cm³/mol. The first-order valence-electron chi connectivity index (χ1n) is 9.69. The summed E-state index contributed by atoms with van der Waals surface area (Å²) in [5.74, 6) is 0.634. The number of benzene rings is 1. The van der Waals surface area contributed by atoms with Crippen molar-refractivity contribution in [2.45, 2.75) is 37.8 Å². The number of hydrogen-bond acceptors (Lipinski definition) is 3. The Morgan fingerprint density at radius 1 is 1.25 bits per heavy atom. The molecule has 0 radical (unpaired) electrons. The predicted octanol–water partition coefficient (Wildman–Crippen LogP) is 3.35. The Bertz CT molecular complexity index is 629. The summed E-state index contributed by atoms with van der Waals surface area (Å²) >= 11 is 0. The molecule has 1 aliphatic heterocycles. The van der Waals surface area contributed by atoms with E-state index in [1.54, 1.807) is 13.1 Å². The molecule has 1 heterocycles. The Morgan fingerprint density at radius 2 is 2.00 bits per heavy atom. The van der Waals surface area contributed by atoms with Crippen LogP contribution >= 0.6 is 0 Å². The van der Waals surface area contributed by atoms with Crippen molar-refractivity contribution in [2.75, 3.05) is 46.6 Å². The van der Waals surface area contributed by atoms with Crippen molar-refractivity contribution in [1.82, 2.24) is 10.6 Å². The van der Waals surface area contributed by atoms with Crippen LogP contribution in [-0.4, -0.2) is 52.5 Å². The lowest BCUT2D eigenvalue weighted by Gasteiger charge is -2.38. The van der Waals surface area contributed by atoms with E-state index in [9.17, 15) is 13.2 Å². The number of aliphatic imine (C=N–C) groups is 1. The van der Waals surface area contributed by atoms with E-state index < -0.39 is 17.2 Å². The van der Waals surface area contributed by atoms with E-state index in [0.29, 0.717) is 63.9 Å². The molecule has 0 saturated carbocycles. The van der Waals surface area contributed by atoms with Crippen LogP contribution < -0.4 is 10.6 Å². The average Bonchev–Trinajstić information content (AvgIpc) is 2.70. The van der Waals surface area contributed by atoms with Gasteiger partial charge in [-0.05, 0) is 37.8 Å². The lowest BCUT2D eigenvalue weighted by atomic mass is 9.73. The molecule has 1 saturated heterocycles. The summed E-state index contributed by atoms with van der Waals surface area (Å²) < 4.78 is 50.3. The van der Waals surface area contributed by atoms with Gasteiger partial charge < -0.3 is 20.1 Å². The van der Waals surface area contributed by atoms with Crippen LogP contribution in [0.15, 0.2) is 29.3 Å². The fourth-order valence-corrected chi connectivity index (χ4v) is 3.35. The van der Waals surface area contributed by atoms with Gasteiger partial charge in [-0.15, -0.1) is 0 Å². The minimum absolute atomic E-state index is 0.428. The highest BCUT2D eigenvalue weighted by atomic mass is 19.4. The maximum absolute atomic E-state index is 13.2. The number of guanidine groups is 1. The summed E-state index contributed by atoms with van der Waals surface area (Å²) in [6, 6.07) is 5.64. The van der Waals surface area contributed by atoms with E-state index in [2.05, 4.69) is 15.6 Å². The zero-order chi connectivity index (χ0) is 20.5. The van der Waals surface area contributed by atoms with Gasteiger partial charge in [0.1, 0.15) is 0 Å². The molecule has 158 valence electrons. The third-order valence-corrected chi connectivity index (χ3v) is 5.03. The Morgan fingerprint density at radius 3 is 2.64 bits per heavy atom. The third-order valence-electron chi connectivity index (χ3n) is 5.03. The van der Waals surface area contributed by atoms with Crippen molar-refractivity contribution in [1.29, 1.82) is 0 Å². The third kappa shape index (κ3) is 6.38. The molecule has 0 aromatic heterocycles. The first kappa shape index (κ1) is 22.5. The number of halogens is 3. The van der Waals surface area contributed by atoms with E-state index in [0.717, 1.165) is 12.5 Å². The highest BCUT2D eigenvalue weighted by molar-refractivity contribution is 5.79. The number of nitrogens with zero attached hydrogens (tertiary/aromatic N) is 1. The van der Waals surface area contributed by atoms with Crippen LogP contribution in [0.2, 0.25) is 0 Å². The zero-order valence-corrected chi connectivity index (χ0v) is 16.6. The second-order valence-electron chi connectivity index (χ2n) is 6.87. The van der Waals surface area contributed by atoms with E-state index in [1.165, 1.54) is 12.1 Å². The molecule has 5 nitrogen and oxygen atoms in total. The minimum atomic E-state index is -4.35. The fourth-order valence-electron chi connectivity index (χ4n) is 3.35. The summed E-state index contributed by atoms with van der Waals surface area (Å²) in [5.41, 5.74) is -0.359. The molecule has 1 aromatic rings. The molecule has 1 fully saturated rings. The molecule has 2 N–H and O–H groups in total. The Labute approximate surface area is 164 Å². The topological polar surface area (TPSA) is 54.9 Å². The maximum atomic E-state index is 13.2. The molecular weight excluding hydrogens is 371 g/mol. The van der Waals surface area contributed by atoms with E-state index in [-0.39, 0.29) is 0 Å². The van der Waals surface area contributed by atoms with E-state index in [4.69, 9.17) is 9.47 Å². The van der Waals surface area contributed by atoms with Crippen molar-refractivity contribution in [3.05, 3.63) is 35.4 Å². The van der Waals surface area contributed by atoms with Crippen LogP contribution in [0.1, 0.15) is 37.3 Å². The molecule has 1 aromatic carbocycles. The summed E-state index contributed by atoms with van der Waals surface area (Å²) in [5, 5.41) is 6.51. The number of alkyl halides is 3. The monoisotopic (exact) mass is 401 g/mol. The standard InChI is InChI=1S/C20H30F3N3O2/c1-3-27-11-5-10-25-18(24-2)26-15-19(8-12-28-13-9-19)16-6-4-7-17(14-16)20(21,22)23/h4,6-7,14H,3,5,8-13,15H2,1-2H3,(H2,24,25,26). The number of hydrogen-bond donors (Lipinski definition) is 2. The van der Waals surface area contributed by atoms with Crippen LogP contribution in [0.5, 0.6) is 0 Å². The molecule has 0 bridgehead atoms. The normalized spacial score (nSPS) is 17.4. The number of nitrogens with one attached hydrogen (secondary N) is 2. The smallest absolute Gasteiger partial charge is 0.382 e. The van der Waals surface area contributed by atoms with Gasteiger partial charge in [0.05, 0.1) is 5.56 Å². The van der Waals surface area contributed by atoms with Gasteiger partial charge in [0, 0.05) is 52.0 Å². The summed E-state index contributed by atoms with van der Waals surface area (Å²) in [6.45, 7) is 5.56. The molecule has 0 spiro atoms. The zero-order valence-electron chi connectivity index (χ0n) is 16.6. The van der Waals surface area contributed by atoms with Crippen molar-refractivity contribution in [3.63, 3.8) is 0 Å². The minimum Gasteiger partial charge on any atom is -0.382 e.